The van der Waals surface area contributed by atoms with E-state index < -0.39 is 0 Å². The predicted molar refractivity (Wildman–Crippen MR) is 96.5 cm³/mol. The largest absolute Gasteiger partial charge is 0.351 e. The lowest BCUT2D eigenvalue weighted by molar-refractivity contribution is -0.123. The smallest absolute Gasteiger partial charge is 0.238 e. The number of nitrogens with one attached hydrogen (secondary N) is 3. The Labute approximate surface area is 147 Å². The van der Waals surface area contributed by atoms with E-state index in [9.17, 15) is 4.79 Å². The topological polar surface area (TPSA) is 53.2 Å². The van der Waals surface area contributed by atoms with E-state index in [1.54, 1.807) is 0 Å². The van der Waals surface area contributed by atoms with Crippen LogP contribution in [0.4, 0.5) is 0 Å². The molecular weight excluding hydrogens is 322 g/mol. The Hall–Kier alpha value is -1.88. The number of halogens is 1. The minimum atomic E-state index is -0.246. The summed E-state index contributed by atoms with van der Waals surface area (Å²) in [5.41, 5.74) is 9.74. The Balaban J connectivity index is 1.52. The van der Waals surface area contributed by atoms with Crippen molar-refractivity contribution in [3.63, 3.8) is 0 Å². The molecule has 126 valence electrons. The Morgan fingerprint density at radius 3 is 2.62 bits per heavy atom. The molecule has 0 radical (unpaired) electrons. The number of aryl methyl sites for hydroxylation is 1. The molecule has 1 amide bonds. The van der Waals surface area contributed by atoms with Crippen molar-refractivity contribution in [1.82, 2.24) is 16.2 Å². The van der Waals surface area contributed by atoms with Gasteiger partial charge in [0.25, 0.3) is 0 Å². The van der Waals surface area contributed by atoms with Gasteiger partial charge in [-0.05, 0) is 41.7 Å². The summed E-state index contributed by atoms with van der Waals surface area (Å²) < 4.78 is 0. The summed E-state index contributed by atoms with van der Waals surface area (Å²) in [7, 11) is 0. The first-order valence-corrected chi connectivity index (χ1v) is 8.65. The van der Waals surface area contributed by atoms with Crippen LogP contribution in [-0.4, -0.2) is 11.9 Å². The van der Waals surface area contributed by atoms with Crippen LogP contribution in [0.5, 0.6) is 0 Å². The van der Waals surface area contributed by atoms with Gasteiger partial charge in [-0.1, -0.05) is 54.9 Å². The van der Waals surface area contributed by atoms with Crippen LogP contribution in [0.2, 0.25) is 5.02 Å². The minimum Gasteiger partial charge on any atom is -0.351 e. The van der Waals surface area contributed by atoms with Gasteiger partial charge in [0.05, 0.1) is 0 Å². The van der Waals surface area contributed by atoms with Crippen molar-refractivity contribution >= 4 is 17.5 Å². The van der Waals surface area contributed by atoms with Crippen LogP contribution < -0.4 is 16.2 Å². The zero-order chi connectivity index (χ0) is 16.9. The molecule has 2 aromatic rings. The zero-order valence-corrected chi connectivity index (χ0v) is 14.4. The highest BCUT2D eigenvalue weighted by atomic mass is 35.5. The molecule has 2 atom stereocenters. The van der Waals surface area contributed by atoms with Crippen LogP contribution in [-0.2, 0) is 17.8 Å². The molecule has 0 aromatic heterocycles. The van der Waals surface area contributed by atoms with E-state index in [0.29, 0.717) is 18.0 Å². The fourth-order valence-electron chi connectivity index (χ4n) is 2.88. The number of amides is 1. The zero-order valence-electron chi connectivity index (χ0n) is 13.7. The monoisotopic (exact) mass is 343 g/mol. The van der Waals surface area contributed by atoms with E-state index in [1.807, 2.05) is 24.3 Å². The number of hydrazine groups is 1. The minimum absolute atomic E-state index is 0.00611. The van der Waals surface area contributed by atoms with Gasteiger partial charge < -0.3 is 5.32 Å². The van der Waals surface area contributed by atoms with Crippen LogP contribution in [0.1, 0.15) is 36.1 Å². The molecule has 1 fully saturated rings. The van der Waals surface area contributed by atoms with Crippen LogP contribution in [0.25, 0.3) is 0 Å². The molecular formula is C19H22ClN3O. The van der Waals surface area contributed by atoms with E-state index >= 15 is 0 Å². The number of carbonyl (C=O) groups excluding carboxylic acids is 1. The lowest BCUT2D eigenvalue weighted by Crippen LogP contribution is -2.42. The van der Waals surface area contributed by atoms with Crippen molar-refractivity contribution in [3.05, 3.63) is 70.2 Å². The molecule has 3 N–H and O–H groups in total. The Morgan fingerprint density at radius 2 is 1.92 bits per heavy atom. The summed E-state index contributed by atoms with van der Waals surface area (Å²) in [5, 5.41) is 3.70. The number of rotatable bonds is 5. The normalized spacial score (nSPS) is 20.1. The van der Waals surface area contributed by atoms with Gasteiger partial charge in [-0.2, -0.15) is 0 Å². The van der Waals surface area contributed by atoms with Crippen molar-refractivity contribution in [2.24, 2.45) is 0 Å². The quantitative estimate of drug-likeness (QED) is 0.781. The molecule has 1 aliphatic heterocycles. The van der Waals surface area contributed by atoms with Crippen molar-refractivity contribution in [2.45, 2.75) is 38.4 Å². The number of hydrogen-bond acceptors (Lipinski definition) is 3. The maximum atomic E-state index is 12.3. The first-order chi connectivity index (χ1) is 11.7. The van der Waals surface area contributed by atoms with E-state index in [-0.39, 0.29) is 18.0 Å². The summed E-state index contributed by atoms with van der Waals surface area (Å²) in [6.07, 6.45) is 1.72. The van der Waals surface area contributed by atoms with Crippen LogP contribution >= 0.6 is 11.6 Å². The average Bonchev–Trinajstić information content (AvgIpc) is 3.10. The summed E-state index contributed by atoms with van der Waals surface area (Å²) in [6.45, 7) is 2.68. The second kappa shape index (κ2) is 7.79. The Morgan fingerprint density at radius 1 is 1.17 bits per heavy atom. The van der Waals surface area contributed by atoms with Gasteiger partial charge in [0.15, 0.2) is 0 Å². The van der Waals surface area contributed by atoms with Crippen molar-refractivity contribution in [1.29, 1.82) is 0 Å². The first kappa shape index (κ1) is 17.0. The number of hydrogen-bond donors (Lipinski definition) is 3. The molecule has 0 saturated carbocycles. The fourth-order valence-corrected chi connectivity index (χ4v) is 3.07. The molecule has 2 unspecified atom stereocenters. The highest BCUT2D eigenvalue weighted by Crippen LogP contribution is 2.24. The lowest BCUT2D eigenvalue weighted by atomic mass is 10.0. The molecule has 24 heavy (non-hydrogen) atoms. The van der Waals surface area contributed by atoms with E-state index in [0.717, 1.165) is 17.5 Å². The third-order valence-electron chi connectivity index (χ3n) is 4.37. The highest BCUT2D eigenvalue weighted by molar-refractivity contribution is 6.30. The van der Waals surface area contributed by atoms with Gasteiger partial charge in [0.2, 0.25) is 5.91 Å². The maximum Gasteiger partial charge on any atom is 0.238 e. The van der Waals surface area contributed by atoms with Gasteiger partial charge in [0, 0.05) is 17.6 Å². The van der Waals surface area contributed by atoms with Crippen molar-refractivity contribution in [3.8, 4) is 0 Å². The molecule has 0 aliphatic carbocycles. The lowest BCUT2D eigenvalue weighted by Gasteiger charge is -2.11. The van der Waals surface area contributed by atoms with Gasteiger partial charge in [-0.3, -0.25) is 4.79 Å². The van der Waals surface area contributed by atoms with Crippen LogP contribution in [0, 0.1) is 0 Å². The van der Waals surface area contributed by atoms with Gasteiger partial charge in [-0.15, -0.1) is 0 Å². The summed E-state index contributed by atoms with van der Waals surface area (Å²) in [6, 6.07) is 15.9. The third kappa shape index (κ3) is 4.15. The molecule has 3 rings (SSSR count). The van der Waals surface area contributed by atoms with Gasteiger partial charge in [-0.25, -0.2) is 10.9 Å². The van der Waals surface area contributed by atoms with E-state index in [1.165, 1.54) is 5.56 Å². The molecule has 1 saturated heterocycles. The summed E-state index contributed by atoms with van der Waals surface area (Å²) in [5.74, 6) is 0.00611. The molecule has 1 aliphatic rings. The second-order valence-corrected chi connectivity index (χ2v) is 6.51. The SMILES string of the molecule is CCc1ccc(CNC(=O)C2CC(c3cccc(Cl)c3)NN2)cc1. The predicted octanol–water partition coefficient (Wildman–Crippen LogP) is 3.13. The van der Waals surface area contributed by atoms with Gasteiger partial charge >= 0.3 is 0 Å². The Kier molecular flexibility index (Phi) is 5.51. The van der Waals surface area contributed by atoms with Crippen LogP contribution in [0.3, 0.4) is 0 Å². The van der Waals surface area contributed by atoms with Crippen molar-refractivity contribution < 1.29 is 4.79 Å². The van der Waals surface area contributed by atoms with E-state index in [4.69, 9.17) is 11.6 Å². The molecule has 4 nitrogen and oxygen atoms in total. The maximum absolute atomic E-state index is 12.3. The summed E-state index contributed by atoms with van der Waals surface area (Å²) >= 11 is 6.03. The molecule has 0 bridgehead atoms. The fraction of sp³-hybridized carbons (Fsp3) is 0.316. The van der Waals surface area contributed by atoms with Crippen molar-refractivity contribution in [2.75, 3.05) is 0 Å². The third-order valence-corrected chi connectivity index (χ3v) is 4.60. The Bertz CT molecular complexity index is 702. The molecule has 0 spiro atoms. The summed E-state index contributed by atoms with van der Waals surface area (Å²) in [4.78, 5) is 12.3. The molecule has 5 heteroatoms. The molecule has 1 heterocycles. The second-order valence-electron chi connectivity index (χ2n) is 6.07. The van der Waals surface area contributed by atoms with E-state index in [2.05, 4.69) is 47.4 Å². The van der Waals surface area contributed by atoms with Crippen LogP contribution in [0.15, 0.2) is 48.5 Å². The van der Waals surface area contributed by atoms with Gasteiger partial charge in [0.1, 0.15) is 6.04 Å². The average molecular weight is 344 g/mol. The highest BCUT2D eigenvalue weighted by Gasteiger charge is 2.29. The first-order valence-electron chi connectivity index (χ1n) is 8.27. The standard InChI is InChI=1S/C19H22ClN3O/c1-2-13-6-8-14(9-7-13)12-21-19(24)18-11-17(22-23-18)15-4-3-5-16(20)10-15/h3-10,17-18,22-23H,2,11-12H2,1H3,(H,21,24). The number of carbonyl (C=O) groups is 1. The number of benzene rings is 2. The molecule has 2 aromatic carbocycles.